The summed E-state index contributed by atoms with van der Waals surface area (Å²) in [4.78, 5) is 67.2. The van der Waals surface area contributed by atoms with Crippen molar-refractivity contribution in [2.24, 2.45) is 27.9 Å². The molecule has 1 fully saturated rings. The maximum Gasteiger partial charge on any atom is 0.326 e. The van der Waals surface area contributed by atoms with Crippen LogP contribution in [-0.2, 0) is 30.4 Å². The van der Waals surface area contributed by atoms with E-state index in [9.17, 15) is 29.1 Å². The van der Waals surface area contributed by atoms with Gasteiger partial charge in [0.25, 0.3) is 0 Å². The van der Waals surface area contributed by atoms with Gasteiger partial charge in [-0.15, -0.1) is 0 Å². The summed E-state index contributed by atoms with van der Waals surface area (Å²) in [6.07, 6.45) is 0.940. The summed E-state index contributed by atoms with van der Waals surface area (Å²) in [6, 6.07) is 4.33. The minimum absolute atomic E-state index is 0.0409. The van der Waals surface area contributed by atoms with E-state index < -0.39 is 53.8 Å². The van der Waals surface area contributed by atoms with Crippen LogP contribution in [0.4, 0.5) is 0 Å². The topological polar surface area (TPSA) is 249 Å². The van der Waals surface area contributed by atoms with Crippen LogP contribution in [0.15, 0.2) is 35.3 Å². The van der Waals surface area contributed by atoms with E-state index in [2.05, 4.69) is 15.6 Å². The molecule has 38 heavy (non-hydrogen) atoms. The maximum absolute atomic E-state index is 13.2. The number of carbonyl (C=O) groups excluding carboxylic acids is 4. The third kappa shape index (κ3) is 9.35. The minimum atomic E-state index is -1.24. The van der Waals surface area contributed by atoms with Crippen LogP contribution < -0.4 is 33.6 Å². The largest absolute Gasteiger partial charge is 0.480 e. The Hall–Kier alpha value is -4.20. The predicted molar refractivity (Wildman–Crippen MR) is 138 cm³/mol. The molecule has 4 amide bonds. The van der Waals surface area contributed by atoms with E-state index in [0.29, 0.717) is 24.8 Å². The number of amides is 4. The number of hydrogen-bond acceptors (Lipinski definition) is 7. The van der Waals surface area contributed by atoms with Crippen molar-refractivity contribution in [3.05, 3.63) is 35.9 Å². The second kappa shape index (κ2) is 14.5. The number of aliphatic imine (C=N–C) groups is 1. The Morgan fingerprint density at radius 2 is 1.74 bits per heavy atom. The lowest BCUT2D eigenvalue weighted by Crippen LogP contribution is -2.57. The molecule has 14 nitrogen and oxygen atoms in total. The average Bonchev–Trinajstić information content (AvgIpc) is 3.35. The summed E-state index contributed by atoms with van der Waals surface area (Å²) in [5, 5.41) is 14.8. The van der Waals surface area contributed by atoms with Gasteiger partial charge >= 0.3 is 5.97 Å². The molecule has 11 N–H and O–H groups in total. The molecule has 208 valence electrons. The van der Waals surface area contributed by atoms with Crippen LogP contribution >= 0.6 is 0 Å². The third-order valence-corrected chi connectivity index (χ3v) is 6.05. The van der Waals surface area contributed by atoms with Gasteiger partial charge in [-0.3, -0.25) is 24.2 Å². The first-order valence-corrected chi connectivity index (χ1v) is 12.3. The highest BCUT2D eigenvalue weighted by atomic mass is 16.4. The summed E-state index contributed by atoms with van der Waals surface area (Å²) < 4.78 is 0. The highest BCUT2D eigenvalue weighted by Gasteiger charge is 2.38. The van der Waals surface area contributed by atoms with Crippen LogP contribution in [0.2, 0.25) is 0 Å². The molecule has 2 rings (SSSR count). The molecular formula is C24H36N8O6. The number of aliphatic carboxylic acids is 1. The fourth-order valence-corrected chi connectivity index (χ4v) is 4.18. The first-order valence-electron chi connectivity index (χ1n) is 12.3. The van der Waals surface area contributed by atoms with E-state index in [1.54, 1.807) is 30.3 Å². The lowest BCUT2D eigenvalue weighted by molar-refractivity contribution is -0.143. The van der Waals surface area contributed by atoms with E-state index in [1.807, 2.05) is 0 Å². The average molecular weight is 533 g/mol. The Balaban J connectivity index is 2.14. The Morgan fingerprint density at radius 3 is 2.34 bits per heavy atom. The van der Waals surface area contributed by atoms with Gasteiger partial charge in [-0.2, -0.15) is 0 Å². The van der Waals surface area contributed by atoms with Crippen molar-refractivity contribution in [3.63, 3.8) is 0 Å². The fourth-order valence-electron chi connectivity index (χ4n) is 4.18. The van der Waals surface area contributed by atoms with Crippen LogP contribution in [0, 0.1) is 0 Å². The third-order valence-electron chi connectivity index (χ3n) is 6.05. The zero-order valence-electron chi connectivity index (χ0n) is 21.0. The van der Waals surface area contributed by atoms with Gasteiger partial charge in [-0.1, -0.05) is 30.3 Å². The van der Waals surface area contributed by atoms with Crippen molar-refractivity contribution in [2.45, 2.75) is 62.7 Å². The molecule has 1 aromatic carbocycles. The van der Waals surface area contributed by atoms with Gasteiger partial charge in [0.2, 0.25) is 23.6 Å². The molecule has 1 aliphatic heterocycles. The quantitative estimate of drug-likeness (QED) is 0.0760. The second-order valence-corrected chi connectivity index (χ2v) is 9.07. The predicted octanol–water partition coefficient (Wildman–Crippen LogP) is -2.47. The molecule has 0 spiro atoms. The van der Waals surface area contributed by atoms with Crippen molar-refractivity contribution in [1.29, 1.82) is 0 Å². The molecule has 1 saturated heterocycles. The summed E-state index contributed by atoms with van der Waals surface area (Å²) in [7, 11) is 0. The lowest BCUT2D eigenvalue weighted by atomic mass is 10.0. The van der Waals surface area contributed by atoms with E-state index in [4.69, 9.17) is 22.9 Å². The van der Waals surface area contributed by atoms with Crippen LogP contribution in [0.5, 0.6) is 0 Å². The number of carboxylic acid groups (broad SMARTS) is 1. The van der Waals surface area contributed by atoms with Crippen molar-refractivity contribution < 1.29 is 29.1 Å². The summed E-state index contributed by atoms with van der Waals surface area (Å²) in [6.45, 7) is 0.438. The molecular weight excluding hydrogens is 496 g/mol. The molecule has 0 radical (unpaired) electrons. The smallest absolute Gasteiger partial charge is 0.326 e. The van der Waals surface area contributed by atoms with Crippen LogP contribution in [0.1, 0.15) is 37.7 Å². The first kappa shape index (κ1) is 30.0. The van der Waals surface area contributed by atoms with E-state index in [1.165, 1.54) is 4.90 Å². The molecule has 4 atom stereocenters. The Kier molecular flexibility index (Phi) is 11.5. The number of primary amides is 1. The number of carboxylic acids is 1. The number of benzene rings is 1. The molecule has 0 aliphatic carbocycles. The van der Waals surface area contributed by atoms with Gasteiger partial charge in [0.15, 0.2) is 5.96 Å². The second-order valence-electron chi connectivity index (χ2n) is 9.07. The number of nitrogens with one attached hydrogen (secondary N) is 2. The van der Waals surface area contributed by atoms with Crippen molar-refractivity contribution >= 4 is 35.6 Å². The van der Waals surface area contributed by atoms with Gasteiger partial charge in [-0.05, 0) is 31.2 Å². The number of nitrogens with two attached hydrogens (primary N) is 4. The van der Waals surface area contributed by atoms with E-state index in [-0.39, 0.29) is 38.3 Å². The number of carbonyl (C=O) groups is 5. The zero-order chi connectivity index (χ0) is 28.2. The fraction of sp³-hybridized carbons (Fsp3) is 0.500. The molecule has 0 saturated carbocycles. The summed E-state index contributed by atoms with van der Waals surface area (Å²) >= 11 is 0. The molecule has 1 aliphatic rings. The Morgan fingerprint density at radius 1 is 1.05 bits per heavy atom. The molecule has 1 aromatic rings. The first-order chi connectivity index (χ1) is 18.0. The monoisotopic (exact) mass is 532 g/mol. The van der Waals surface area contributed by atoms with Crippen LogP contribution in [0.25, 0.3) is 0 Å². The number of rotatable bonds is 14. The molecule has 14 heteroatoms. The van der Waals surface area contributed by atoms with E-state index in [0.717, 1.165) is 0 Å². The standard InChI is InChI=1S/C24H36N8O6/c25-15(13-19(26)33)22(36)32-11-5-9-18(32)21(35)30-16(8-4-10-29-24(27)28)20(34)31-17(23(37)38)12-14-6-2-1-3-7-14/h1-3,6-7,15-18H,4-5,8-13,25H2,(H2,26,33)(H,30,35)(H,31,34)(H,37,38)(H4,27,28,29). The number of likely N-dealkylation sites (tertiary alicyclic amines) is 1. The maximum atomic E-state index is 13.2. The summed E-state index contributed by atoms with van der Waals surface area (Å²) in [5.74, 6) is -4.00. The van der Waals surface area contributed by atoms with Gasteiger partial charge in [-0.25, -0.2) is 4.79 Å². The normalized spacial score (nSPS) is 17.1. The molecule has 1 heterocycles. The SMILES string of the molecule is NC(=O)CC(N)C(=O)N1CCCC1C(=O)NC(CCCN=C(N)N)C(=O)NC(Cc1ccccc1)C(=O)O. The van der Waals surface area contributed by atoms with Crippen molar-refractivity contribution in [2.75, 3.05) is 13.1 Å². The van der Waals surface area contributed by atoms with Gasteiger partial charge in [0.05, 0.1) is 12.5 Å². The highest BCUT2D eigenvalue weighted by Crippen LogP contribution is 2.19. The number of guanidine groups is 1. The highest BCUT2D eigenvalue weighted by molar-refractivity contribution is 5.95. The zero-order valence-corrected chi connectivity index (χ0v) is 21.0. The number of hydrogen-bond donors (Lipinski definition) is 7. The van der Waals surface area contributed by atoms with Gasteiger partial charge in [0.1, 0.15) is 18.1 Å². The lowest BCUT2D eigenvalue weighted by Gasteiger charge is -2.28. The van der Waals surface area contributed by atoms with Crippen molar-refractivity contribution in [3.8, 4) is 0 Å². The van der Waals surface area contributed by atoms with Crippen molar-refractivity contribution in [1.82, 2.24) is 15.5 Å². The van der Waals surface area contributed by atoms with Crippen LogP contribution in [0.3, 0.4) is 0 Å². The minimum Gasteiger partial charge on any atom is -0.480 e. The Bertz CT molecular complexity index is 1030. The Labute approximate surface area is 220 Å². The van der Waals surface area contributed by atoms with Crippen LogP contribution in [-0.4, -0.2) is 82.8 Å². The molecule has 0 bridgehead atoms. The summed E-state index contributed by atoms with van der Waals surface area (Å²) in [5.41, 5.74) is 22.3. The molecule has 0 aromatic heterocycles. The number of nitrogens with zero attached hydrogens (tertiary/aromatic N) is 2. The van der Waals surface area contributed by atoms with E-state index >= 15 is 0 Å². The molecule has 4 unspecified atom stereocenters. The van der Waals surface area contributed by atoms with Gasteiger partial charge in [0, 0.05) is 19.5 Å². The van der Waals surface area contributed by atoms with Gasteiger partial charge < -0.3 is 43.6 Å².